The lowest BCUT2D eigenvalue weighted by Gasteiger charge is -2.32. The van der Waals surface area contributed by atoms with Gasteiger partial charge in [-0.05, 0) is 37.1 Å². The lowest BCUT2D eigenvalue weighted by Crippen LogP contribution is -2.31. The minimum atomic E-state index is 0.160. The molecule has 124 valence electrons. The second kappa shape index (κ2) is 6.17. The molecule has 1 aromatic carbocycles. The van der Waals surface area contributed by atoms with Crippen LogP contribution in [-0.4, -0.2) is 29.7 Å². The molecule has 0 amide bonds. The number of aryl methyl sites for hydroxylation is 1. The third-order valence-corrected chi connectivity index (χ3v) is 4.62. The second-order valence-corrected chi connectivity index (χ2v) is 6.32. The summed E-state index contributed by atoms with van der Waals surface area (Å²) in [4.78, 5) is 10.0. The first kappa shape index (κ1) is 15.0. The van der Waals surface area contributed by atoms with E-state index in [0.29, 0.717) is 12.4 Å². The van der Waals surface area contributed by atoms with Crippen LogP contribution in [0.2, 0.25) is 0 Å². The van der Waals surface area contributed by atoms with Gasteiger partial charge in [0.1, 0.15) is 5.82 Å². The highest BCUT2D eigenvalue weighted by Gasteiger charge is 2.25. The molecule has 1 saturated heterocycles. The van der Waals surface area contributed by atoms with E-state index in [9.17, 15) is 0 Å². The van der Waals surface area contributed by atoms with Gasteiger partial charge in [0, 0.05) is 47.7 Å². The van der Waals surface area contributed by atoms with Gasteiger partial charge in [0.2, 0.25) is 0 Å². The Hall–Kier alpha value is -2.53. The summed E-state index contributed by atoms with van der Waals surface area (Å²) in [5.41, 5.74) is 10.5. The largest absolute Gasteiger partial charge is 0.384 e. The molecule has 0 radical (unpaired) electrons. The van der Waals surface area contributed by atoms with Crippen molar-refractivity contribution in [3.63, 3.8) is 0 Å². The zero-order valence-electron chi connectivity index (χ0n) is 13.8. The van der Waals surface area contributed by atoms with E-state index in [1.807, 2.05) is 19.2 Å². The van der Waals surface area contributed by atoms with Gasteiger partial charge in [0.25, 0.3) is 0 Å². The number of rotatable bonds is 2. The summed E-state index contributed by atoms with van der Waals surface area (Å²) in [5.74, 6) is 0.564. The maximum Gasteiger partial charge on any atom is 0.125 e. The van der Waals surface area contributed by atoms with Crippen LogP contribution < -0.4 is 10.6 Å². The number of aromatic amines is 1. The monoisotopic (exact) mass is 322 g/mol. The number of ether oxygens (including phenoxy) is 1. The molecule has 0 bridgehead atoms. The van der Waals surface area contributed by atoms with E-state index in [0.717, 1.165) is 36.5 Å². The fourth-order valence-corrected chi connectivity index (χ4v) is 3.59. The molecular formula is C19H22N4O. The smallest absolute Gasteiger partial charge is 0.125 e. The summed E-state index contributed by atoms with van der Waals surface area (Å²) in [6.07, 6.45) is 2.99. The first-order valence-electron chi connectivity index (χ1n) is 8.37. The summed E-state index contributed by atoms with van der Waals surface area (Å²) in [7, 11) is 0. The first-order chi connectivity index (χ1) is 11.7. The van der Waals surface area contributed by atoms with E-state index < -0.39 is 0 Å². The van der Waals surface area contributed by atoms with Crippen molar-refractivity contribution < 1.29 is 4.74 Å². The number of pyridine rings is 1. The number of nitrogens with zero attached hydrogens (tertiary/aromatic N) is 2. The topological polar surface area (TPSA) is 67.2 Å². The van der Waals surface area contributed by atoms with Gasteiger partial charge in [0.05, 0.1) is 12.6 Å². The van der Waals surface area contributed by atoms with Crippen LogP contribution in [0.1, 0.15) is 23.7 Å². The summed E-state index contributed by atoms with van der Waals surface area (Å²) in [6, 6.07) is 12.8. The Morgan fingerprint density at radius 2 is 2.21 bits per heavy atom. The number of nitrogen functional groups attached to an aromatic ring is 1. The van der Waals surface area contributed by atoms with Crippen LogP contribution in [0.5, 0.6) is 0 Å². The number of hydrogen-bond donors (Lipinski definition) is 2. The number of hydrogen-bond acceptors (Lipinski definition) is 4. The third kappa shape index (κ3) is 2.71. The molecule has 5 nitrogen and oxygen atoms in total. The highest BCUT2D eigenvalue weighted by atomic mass is 16.5. The fraction of sp³-hybridized carbons (Fsp3) is 0.316. The number of nitrogens with one attached hydrogen (secondary N) is 1. The summed E-state index contributed by atoms with van der Waals surface area (Å²) < 4.78 is 5.90. The maximum absolute atomic E-state index is 5.99. The number of aromatic nitrogens is 2. The third-order valence-electron chi connectivity index (χ3n) is 4.62. The first-order valence-corrected chi connectivity index (χ1v) is 8.37. The molecule has 3 heterocycles. The minimum Gasteiger partial charge on any atom is -0.384 e. The molecule has 3 N–H and O–H groups in total. The molecule has 24 heavy (non-hydrogen) atoms. The Kier molecular flexibility index (Phi) is 3.86. The summed E-state index contributed by atoms with van der Waals surface area (Å²) in [5, 5.41) is 1.25. The highest BCUT2D eigenvalue weighted by molar-refractivity contribution is 5.84. The molecule has 2 aromatic heterocycles. The van der Waals surface area contributed by atoms with Crippen molar-refractivity contribution in [3.05, 3.63) is 53.9 Å². The van der Waals surface area contributed by atoms with Crippen molar-refractivity contribution in [3.8, 4) is 0 Å². The van der Waals surface area contributed by atoms with E-state index in [-0.39, 0.29) is 6.04 Å². The normalized spacial score (nSPS) is 18.7. The molecule has 1 atom stereocenters. The average Bonchev–Trinajstić information content (AvgIpc) is 2.90. The minimum absolute atomic E-state index is 0.160. The van der Waals surface area contributed by atoms with E-state index in [1.54, 1.807) is 0 Å². The van der Waals surface area contributed by atoms with E-state index >= 15 is 0 Å². The molecule has 4 rings (SSSR count). The molecule has 0 aliphatic carbocycles. The van der Waals surface area contributed by atoms with Gasteiger partial charge >= 0.3 is 0 Å². The molecule has 3 aromatic rings. The number of fused-ring (bicyclic) bond motifs is 1. The van der Waals surface area contributed by atoms with Gasteiger partial charge in [-0.2, -0.15) is 0 Å². The van der Waals surface area contributed by atoms with Crippen molar-refractivity contribution in [1.29, 1.82) is 0 Å². The fourth-order valence-electron chi connectivity index (χ4n) is 3.59. The summed E-state index contributed by atoms with van der Waals surface area (Å²) >= 11 is 0. The Morgan fingerprint density at radius 3 is 3.08 bits per heavy atom. The molecule has 5 heteroatoms. The van der Waals surface area contributed by atoms with Crippen molar-refractivity contribution in [2.75, 3.05) is 30.4 Å². The Labute approximate surface area is 141 Å². The average molecular weight is 322 g/mol. The van der Waals surface area contributed by atoms with E-state index in [4.69, 9.17) is 10.5 Å². The molecule has 0 saturated carbocycles. The van der Waals surface area contributed by atoms with Crippen LogP contribution in [0.4, 0.5) is 11.5 Å². The number of benzene rings is 1. The van der Waals surface area contributed by atoms with Crippen LogP contribution in [0.15, 0.2) is 42.6 Å². The van der Waals surface area contributed by atoms with Crippen molar-refractivity contribution in [1.82, 2.24) is 9.97 Å². The predicted molar refractivity (Wildman–Crippen MR) is 97.2 cm³/mol. The van der Waals surface area contributed by atoms with Crippen LogP contribution in [0.25, 0.3) is 10.9 Å². The molecule has 0 unspecified atom stereocenters. The van der Waals surface area contributed by atoms with Gasteiger partial charge in [-0.1, -0.05) is 12.1 Å². The number of H-pyrrole nitrogens is 1. The summed E-state index contributed by atoms with van der Waals surface area (Å²) in [6.45, 7) is 4.38. The predicted octanol–water partition coefficient (Wildman–Crippen LogP) is 3.42. The van der Waals surface area contributed by atoms with E-state index in [1.165, 1.54) is 10.9 Å². The Morgan fingerprint density at radius 1 is 1.29 bits per heavy atom. The zero-order valence-corrected chi connectivity index (χ0v) is 13.8. The quantitative estimate of drug-likeness (QED) is 0.758. The zero-order chi connectivity index (χ0) is 16.5. The highest BCUT2D eigenvalue weighted by Crippen LogP contribution is 2.34. The number of anilines is 2. The van der Waals surface area contributed by atoms with Crippen LogP contribution >= 0.6 is 0 Å². The SMILES string of the molecule is Cc1cc(N2CCCOC[C@H]2c2cccc3[nH]ccc23)cc(N)n1. The van der Waals surface area contributed by atoms with Crippen molar-refractivity contribution in [2.24, 2.45) is 0 Å². The molecule has 0 spiro atoms. The van der Waals surface area contributed by atoms with E-state index in [2.05, 4.69) is 45.2 Å². The van der Waals surface area contributed by atoms with Crippen LogP contribution in [0, 0.1) is 6.92 Å². The molecule has 1 fully saturated rings. The van der Waals surface area contributed by atoms with Crippen LogP contribution in [-0.2, 0) is 4.74 Å². The number of nitrogens with two attached hydrogens (primary N) is 1. The molecule has 1 aliphatic rings. The van der Waals surface area contributed by atoms with Crippen molar-refractivity contribution in [2.45, 2.75) is 19.4 Å². The van der Waals surface area contributed by atoms with Crippen molar-refractivity contribution >= 4 is 22.4 Å². The maximum atomic E-state index is 5.99. The van der Waals surface area contributed by atoms with Gasteiger partial charge in [-0.15, -0.1) is 0 Å². The second-order valence-electron chi connectivity index (χ2n) is 6.32. The van der Waals surface area contributed by atoms with Gasteiger partial charge in [-0.3, -0.25) is 0 Å². The van der Waals surface area contributed by atoms with Gasteiger partial charge < -0.3 is 20.4 Å². The van der Waals surface area contributed by atoms with Crippen LogP contribution in [0.3, 0.4) is 0 Å². The lowest BCUT2D eigenvalue weighted by atomic mass is 10.0. The Bertz CT molecular complexity index is 837. The lowest BCUT2D eigenvalue weighted by molar-refractivity contribution is 0.134. The Balaban J connectivity index is 1.82. The van der Waals surface area contributed by atoms with Gasteiger partial charge in [-0.25, -0.2) is 4.98 Å². The van der Waals surface area contributed by atoms with Gasteiger partial charge in [0.15, 0.2) is 0 Å². The standard InChI is InChI=1S/C19H22N4O/c1-13-10-14(11-19(20)22-13)23-8-3-9-24-12-18(23)16-4-2-5-17-15(16)6-7-21-17/h2,4-7,10-11,18,21H,3,8-9,12H2,1H3,(H2,20,22)/t18-/m0/s1. The molecule has 1 aliphatic heterocycles. The molecular weight excluding hydrogens is 300 g/mol.